The van der Waals surface area contributed by atoms with Gasteiger partial charge in [0.25, 0.3) is 0 Å². The van der Waals surface area contributed by atoms with Crippen LogP contribution in [0, 0.1) is 18.8 Å². The Morgan fingerprint density at radius 2 is 2.30 bits per heavy atom. The zero-order valence-corrected chi connectivity index (χ0v) is 16.2. The van der Waals surface area contributed by atoms with Crippen LogP contribution in [0.15, 0.2) is 18.3 Å². The van der Waals surface area contributed by atoms with Crippen molar-refractivity contribution in [2.45, 2.75) is 25.2 Å². The molecule has 27 heavy (non-hydrogen) atoms. The van der Waals surface area contributed by atoms with Crippen LogP contribution in [-0.2, 0) is 32.7 Å². The number of aromatic nitrogens is 2. The molecule has 0 saturated carbocycles. The summed E-state index contributed by atoms with van der Waals surface area (Å²) in [4.78, 5) is 29.7. The molecule has 8 nitrogen and oxygen atoms in total. The summed E-state index contributed by atoms with van der Waals surface area (Å²) in [5.41, 5.74) is 1.36. The van der Waals surface area contributed by atoms with Crippen molar-refractivity contribution in [2.75, 3.05) is 33.9 Å². The number of hydrogen-bond acceptors (Lipinski definition) is 5. The van der Waals surface area contributed by atoms with E-state index < -0.39 is 17.4 Å². The molecule has 146 valence electrons. The molecule has 8 heteroatoms. The SMILES string of the molecule is COCCN1C[C@]23C=C[C@H](O2)[C@H](C(=O)N(C)Cc2cnn(C)c2C)[C@H]3C1=O. The first kappa shape index (κ1) is 18.2. The lowest BCUT2D eigenvalue weighted by Crippen LogP contribution is -2.44. The van der Waals surface area contributed by atoms with Crippen LogP contribution in [0.3, 0.4) is 0 Å². The molecule has 1 spiro atoms. The minimum absolute atomic E-state index is 0.0109. The third kappa shape index (κ3) is 2.70. The van der Waals surface area contributed by atoms with Crippen LogP contribution in [0.4, 0.5) is 0 Å². The number of amides is 2. The normalized spacial score (nSPS) is 31.0. The van der Waals surface area contributed by atoms with Crippen LogP contribution in [0.5, 0.6) is 0 Å². The van der Waals surface area contributed by atoms with Crippen molar-refractivity contribution in [3.63, 3.8) is 0 Å². The molecule has 1 aromatic rings. The summed E-state index contributed by atoms with van der Waals surface area (Å²) in [6.45, 7) is 3.92. The smallest absolute Gasteiger partial charge is 0.230 e. The van der Waals surface area contributed by atoms with E-state index in [-0.39, 0.29) is 17.9 Å². The molecule has 2 fully saturated rings. The predicted octanol–water partition coefficient (Wildman–Crippen LogP) is 0.115. The highest BCUT2D eigenvalue weighted by Gasteiger charge is 2.66. The number of ether oxygens (including phenoxy) is 2. The molecule has 0 unspecified atom stereocenters. The lowest BCUT2D eigenvalue weighted by Gasteiger charge is -2.27. The average Bonchev–Trinajstić information content (AvgIpc) is 3.36. The van der Waals surface area contributed by atoms with Gasteiger partial charge in [0.15, 0.2) is 0 Å². The maximum absolute atomic E-state index is 13.3. The third-order valence-corrected chi connectivity index (χ3v) is 6.15. The number of fused-ring (bicyclic) bond motifs is 1. The maximum Gasteiger partial charge on any atom is 0.230 e. The quantitative estimate of drug-likeness (QED) is 0.661. The van der Waals surface area contributed by atoms with Gasteiger partial charge in [-0.05, 0) is 6.92 Å². The van der Waals surface area contributed by atoms with E-state index in [1.165, 1.54) is 0 Å². The van der Waals surface area contributed by atoms with Crippen molar-refractivity contribution in [1.29, 1.82) is 0 Å². The fourth-order valence-electron chi connectivity index (χ4n) is 4.54. The van der Waals surface area contributed by atoms with Gasteiger partial charge in [-0.15, -0.1) is 0 Å². The third-order valence-electron chi connectivity index (χ3n) is 6.15. The second-order valence-corrected chi connectivity index (χ2v) is 7.73. The van der Waals surface area contributed by atoms with Gasteiger partial charge < -0.3 is 19.3 Å². The van der Waals surface area contributed by atoms with Crippen molar-refractivity contribution < 1.29 is 19.1 Å². The summed E-state index contributed by atoms with van der Waals surface area (Å²) < 4.78 is 13.0. The summed E-state index contributed by atoms with van der Waals surface area (Å²) in [6.07, 6.45) is 5.37. The molecule has 2 saturated heterocycles. The van der Waals surface area contributed by atoms with Crippen LogP contribution >= 0.6 is 0 Å². The van der Waals surface area contributed by atoms with Crippen LogP contribution in [0.2, 0.25) is 0 Å². The van der Waals surface area contributed by atoms with Gasteiger partial charge in [-0.25, -0.2) is 0 Å². The molecule has 2 bridgehead atoms. The van der Waals surface area contributed by atoms with Crippen LogP contribution in [0.1, 0.15) is 11.3 Å². The van der Waals surface area contributed by atoms with E-state index in [0.717, 1.165) is 11.3 Å². The molecule has 4 atom stereocenters. The Morgan fingerprint density at radius 1 is 1.52 bits per heavy atom. The lowest BCUT2D eigenvalue weighted by atomic mass is 9.76. The zero-order chi connectivity index (χ0) is 19.3. The molecule has 4 rings (SSSR count). The van der Waals surface area contributed by atoms with Gasteiger partial charge in [-0.2, -0.15) is 5.10 Å². The Bertz CT molecular complexity index is 804. The van der Waals surface area contributed by atoms with Gasteiger partial charge in [0.05, 0.1) is 37.3 Å². The monoisotopic (exact) mass is 374 g/mol. The molecule has 2 amide bonds. The Labute approximate surface area is 158 Å². The highest BCUT2D eigenvalue weighted by Crippen LogP contribution is 2.52. The van der Waals surface area contributed by atoms with E-state index in [9.17, 15) is 9.59 Å². The molecule has 0 aromatic carbocycles. The van der Waals surface area contributed by atoms with Gasteiger partial charge in [0.1, 0.15) is 5.60 Å². The van der Waals surface area contributed by atoms with Crippen molar-refractivity contribution in [3.8, 4) is 0 Å². The summed E-state index contributed by atoms with van der Waals surface area (Å²) in [5.74, 6) is -0.990. The fraction of sp³-hybridized carbons (Fsp3) is 0.632. The predicted molar refractivity (Wildman–Crippen MR) is 96.6 cm³/mol. The van der Waals surface area contributed by atoms with Crippen LogP contribution in [0.25, 0.3) is 0 Å². The number of methoxy groups -OCH3 is 1. The number of hydrogen-bond donors (Lipinski definition) is 0. The summed E-state index contributed by atoms with van der Waals surface area (Å²) in [5, 5.41) is 4.24. The van der Waals surface area contributed by atoms with E-state index in [4.69, 9.17) is 9.47 Å². The standard InChI is InChI=1S/C19H26N4O4/c1-12-13(9-20-22(12)3)10-21(2)17(24)15-14-5-6-19(27-14)11-23(7-8-26-4)18(25)16(15)19/h5-6,9,14-16H,7-8,10-11H2,1-4H3/t14-,15-,16-,19-/m0/s1. The first-order chi connectivity index (χ1) is 12.9. The van der Waals surface area contributed by atoms with Gasteiger partial charge in [0, 0.05) is 45.6 Å². The number of nitrogens with zero attached hydrogens (tertiary/aromatic N) is 4. The van der Waals surface area contributed by atoms with Crippen molar-refractivity contribution in [1.82, 2.24) is 19.6 Å². The number of carbonyl (C=O) groups is 2. The molecular weight excluding hydrogens is 348 g/mol. The largest absolute Gasteiger partial charge is 0.383 e. The van der Waals surface area contributed by atoms with Crippen LogP contribution in [-0.4, -0.2) is 77.0 Å². The Kier molecular flexibility index (Phi) is 4.35. The van der Waals surface area contributed by atoms with E-state index >= 15 is 0 Å². The van der Waals surface area contributed by atoms with E-state index in [1.807, 2.05) is 26.1 Å². The fourth-order valence-corrected chi connectivity index (χ4v) is 4.54. The van der Waals surface area contributed by atoms with Gasteiger partial charge in [-0.1, -0.05) is 12.2 Å². The van der Waals surface area contributed by atoms with Gasteiger partial charge >= 0.3 is 0 Å². The molecule has 3 aliphatic heterocycles. The summed E-state index contributed by atoms with van der Waals surface area (Å²) in [7, 11) is 5.27. The number of carbonyl (C=O) groups excluding carboxylic acids is 2. The Morgan fingerprint density at radius 3 is 2.96 bits per heavy atom. The second-order valence-electron chi connectivity index (χ2n) is 7.73. The highest BCUT2D eigenvalue weighted by atomic mass is 16.5. The van der Waals surface area contributed by atoms with E-state index in [2.05, 4.69) is 5.10 Å². The summed E-state index contributed by atoms with van der Waals surface area (Å²) >= 11 is 0. The number of rotatable bonds is 6. The minimum atomic E-state index is -0.666. The number of aryl methyl sites for hydroxylation is 1. The zero-order valence-electron chi connectivity index (χ0n) is 16.2. The molecule has 0 N–H and O–H groups in total. The van der Waals surface area contributed by atoms with Gasteiger partial charge in [-0.3, -0.25) is 14.3 Å². The maximum atomic E-state index is 13.3. The first-order valence-electron chi connectivity index (χ1n) is 9.25. The molecular formula is C19H26N4O4. The number of likely N-dealkylation sites (tertiary alicyclic amines) is 1. The average molecular weight is 374 g/mol. The molecule has 4 heterocycles. The van der Waals surface area contributed by atoms with E-state index in [1.54, 1.807) is 34.8 Å². The molecule has 1 aromatic heterocycles. The molecule has 0 radical (unpaired) electrons. The second kappa shape index (κ2) is 6.45. The Hall–Kier alpha value is -2.19. The summed E-state index contributed by atoms with van der Waals surface area (Å²) in [6, 6.07) is 0. The van der Waals surface area contributed by atoms with Crippen molar-refractivity contribution in [2.24, 2.45) is 18.9 Å². The Balaban J connectivity index is 1.53. The highest BCUT2D eigenvalue weighted by molar-refractivity contribution is 5.93. The van der Waals surface area contributed by atoms with E-state index in [0.29, 0.717) is 26.2 Å². The van der Waals surface area contributed by atoms with Gasteiger partial charge in [0.2, 0.25) is 11.8 Å². The van der Waals surface area contributed by atoms with Crippen LogP contribution < -0.4 is 0 Å². The molecule has 3 aliphatic rings. The molecule has 0 aliphatic carbocycles. The lowest BCUT2D eigenvalue weighted by molar-refractivity contribution is -0.142. The minimum Gasteiger partial charge on any atom is -0.383 e. The first-order valence-corrected chi connectivity index (χ1v) is 9.25. The van der Waals surface area contributed by atoms with Crippen molar-refractivity contribution >= 4 is 11.8 Å². The van der Waals surface area contributed by atoms with Crippen molar-refractivity contribution in [3.05, 3.63) is 29.6 Å². The topological polar surface area (TPSA) is 76.9 Å².